The van der Waals surface area contributed by atoms with Crippen molar-refractivity contribution < 1.29 is 19.4 Å². The van der Waals surface area contributed by atoms with Gasteiger partial charge >= 0.3 is 5.97 Å². The number of amides is 1. The second-order valence-corrected chi connectivity index (χ2v) is 5.48. The van der Waals surface area contributed by atoms with Gasteiger partial charge in [-0.25, -0.2) is 0 Å². The summed E-state index contributed by atoms with van der Waals surface area (Å²) < 4.78 is 5.76. The number of halogens is 1. The van der Waals surface area contributed by atoms with Crippen LogP contribution in [0.5, 0.6) is 5.75 Å². The number of rotatable bonds is 8. The lowest BCUT2D eigenvalue weighted by atomic mass is 10.1. The van der Waals surface area contributed by atoms with E-state index in [1.54, 1.807) is 0 Å². The Kier molecular flexibility index (Phi) is 9.29. The Morgan fingerprint density at radius 3 is 2.39 bits per heavy atom. The molecular weight excluding hydrogens is 320 g/mol. The molecule has 1 amide bonds. The summed E-state index contributed by atoms with van der Waals surface area (Å²) in [4.78, 5) is 22.3. The fourth-order valence-corrected chi connectivity index (χ4v) is 2.04. The number of para-hydroxylation sites is 1. The van der Waals surface area contributed by atoms with Gasteiger partial charge in [-0.3, -0.25) is 9.59 Å². The van der Waals surface area contributed by atoms with E-state index in [4.69, 9.17) is 15.6 Å². The van der Waals surface area contributed by atoms with Gasteiger partial charge in [0.05, 0.1) is 12.1 Å². The van der Waals surface area contributed by atoms with Gasteiger partial charge in [0.1, 0.15) is 12.4 Å². The number of nitrogens with one attached hydrogen (secondary N) is 1. The van der Waals surface area contributed by atoms with Crippen LogP contribution in [-0.2, 0) is 9.59 Å². The van der Waals surface area contributed by atoms with Crippen molar-refractivity contribution in [3.05, 3.63) is 29.3 Å². The molecule has 1 rings (SSSR count). The standard InChI is InChI=1S/C16H24N2O4.ClH/c1-10-5-4-6-11(2)15(10)22-9-12(3)18-16(21)13(17)7-8-14(19)20;/h4-6,12-13H,7-9,17H2,1-3H3,(H,18,21)(H,19,20);1H/t12-,13?;/m0./s1. The van der Waals surface area contributed by atoms with Gasteiger partial charge in [0.15, 0.2) is 0 Å². The fraction of sp³-hybridized carbons (Fsp3) is 0.500. The molecule has 0 aliphatic heterocycles. The molecule has 1 aromatic carbocycles. The number of benzene rings is 1. The summed E-state index contributed by atoms with van der Waals surface area (Å²) in [6.07, 6.45) is -0.00643. The number of carbonyl (C=O) groups excluding carboxylic acids is 1. The first-order valence-electron chi connectivity index (χ1n) is 7.28. The van der Waals surface area contributed by atoms with E-state index < -0.39 is 12.0 Å². The first kappa shape index (κ1) is 21.2. The molecule has 0 aromatic heterocycles. The largest absolute Gasteiger partial charge is 0.491 e. The van der Waals surface area contributed by atoms with Gasteiger partial charge in [0, 0.05) is 6.42 Å². The van der Waals surface area contributed by atoms with Gasteiger partial charge in [-0.15, -0.1) is 12.4 Å². The highest BCUT2D eigenvalue weighted by atomic mass is 35.5. The molecule has 1 aromatic rings. The third-order valence-corrected chi connectivity index (χ3v) is 3.28. The predicted molar refractivity (Wildman–Crippen MR) is 91.1 cm³/mol. The van der Waals surface area contributed by atoms with Gasteiger partial charge in [-0.05, 0) is 38.3 Å². The van der Waals surface area contributed by atoms with Crippen LogP contribution >= 0.6 is 12.4 Å². The molecule has 4 N–H and O–H groups in total. The highest BCUT2D eigenvalue weighted by Gasteiger charge is 2.17. The summed E-state index contributed by atoms with van der Waals surface area (Å²) in [6, 6.07) is 4.85. The summed E-state index contributed by atoms with van der Waals surface area (Å²) >= 11 is 0. The Bertz CT molecular complexity index is 517. The maximum absolute atomic E-state index is 11.8. The third-order valence-electron chi connectivity index (χ3n) is 3.28. The van der Waals surface area contributed by atoms with Crippen LogP contribution in [-0.4, -0.2) is 35.7 Å². The van der Waals surface area contributed by atoms with Crippen LogP contribution in [0, 0.1) is 13.8 Å². The van der Waals surface area contributed by atoms with Crippen molar-refractivity contribution in [1.82, 2.24) is 5.32 Å². The quantitative estimate of drug-likeness (QED) is 0.667. The lowest BCUT2D eigenvalue weighted by Gasteiger charge is -2.19. The SMILES string of the molecule is Cc1cccc(C)c1OC[C@H](C)NC(=O)C(N)CCC(=O)O.Cl. The summed E-state index contributed by atoms with van der Waals surface area (Å²) in [5, 5.41) is 11.3. The Morgan fingerprint density at radius 2 is 1.87 bits per heavy atom. The molecule has 0 saturated heterocycles. The van der Waals surface area contributed by atoms with Crippen LogP contribution in [0.15, 0.2) is 18.2 Å². The first-order valence-corrected chi connectivity index (χ1v) is 7.28. The molecule has 0 spiro atoms. The summed E-state index contributed by atoms with van der Waals surface area (Å²) in [6.45, 7) is 6.07. The molecule has 0 radical (unpaired) electrons. The Labute approximate surface area is 142 Å². The lowest BCUT2D eigenvalue weighted by Crippen LogP contribution is -2.46. The molecule has 0 bridgehead atoms. The van der Waals surface area contributed by atoms with Gasteiger partial charge in [0.25, 0.3) is 0 Å². The smallest absolute Gasteiger partial charge is 0.303 e. The zero-order chi connectivity index (χ0) is 16.7. The molecule has 0 aliphatic rings. The van der Waals surface area contributed by atoms with E-state index in [1.165, 1.54) is 0 Å². The summed E-state index contributed by atoms with van der Waals surface area (Å²) in [5.41, 5.74) is 7.73. The van der Waals surface area contributed by atoms with Crippen LogP contribution in [0.1, 0.15) is 30.9 Å². The number of aryl methyl sites for hydroxylation is 2. The van der Waals surface area contributed by atoms with Crippen molar-refractivity contribution in [2.24, 2.45) is 5.73 Å². The minimum Gasteiger partial charge on any atom is -0.491 e. The van der Waals surface area contributed by atoms with E-state index >= 15 is 0 Å². The Morgan fingerprint density at radius 1 is 1.30 bits per heavy atom. The van der Waals surface area contributed by atoms with E-state index in [0.717, 1.165) is 16.9 Å². The number of carboxylic acids is 1. The average Bonchev–Trinajstić information content (AvgIpc) is 2.44. The van der Waals surface area contributed by atoms with Crippen LogP contribution in [0.4, 0.5) is 0 Å². The Balaban J connectivity index is 0.00000484. The van der Waals surface area contributed by atoms with Crippen molar-refractivity contribution >= 4 is 24.3 Å². The normalized spacial score (nSPS) is 12.7. The van der Waals surface area contributed by atoms with Crippen LogP contribution < -0.4 is 15.8 Å². The van der Waals surface area contributed by atoms with Crippen molar-refractivity contribution in [2.75, 3.05) is 6.61 Å². The number of hydrogen-bond acceptors (Lipinski definition) is 4. The molecule has 0 aliphatic carbocycles. The molecule has 0 heterocycles. The van der Waals surface area contributed by atoms with Gasteiger partial charge < -0.3 is 20.9 Å². The molecule has 7 heteroatoms. The molecule has 0 fully saturated rings. The van der Waals surface area contributed by atoms with Crippen LogP contribution in [0.25, 0.3) is 0 Å². The van der Waals surface area contributed by atoms with Crippen molar-refractivity contribution in [3.63, 3.8) is 0 Å². The second kappa shape index (κ2) is 10.1. The molecule has 23 heavy (non-hydrogen) atoms. The average molecular weight is 345 g/mol. The molecule has 2 atom stereocenters. The van der Waals surface area contributed by atoms with E-state index in [2.05, 4.69) is 5.32 Å². The molecule has 130 valence electrons. The van der Waals surface area contributed by atoms with E-state index in [-0.39, 0.29) is 37.2 Å². The zero-order valence-corrected chi connectivity index (χ0v) is 14.5. The van der Waals surface area contributed by atoms with Crippen molar-refractivity contribution in [1.29, 1.82) is 0 Å². The fourth-order valence-electron chi connectivity index (χ4n) is 2.04. The molecule has 0 saturated carbocycles. The monoisotopic (exact) mass is 344 g/mol. The van der Waals surface area contributed by atoms with Crippen LogP contribution in [0.2, 0.25) is 0 Å². The number of carboxylic acid groups (broad SMARTS) is 1. The topological polar surface area (TPSA) is 102 Å². The second-order valence-electron chi connectivity index (χ2n) is 5.48. The van der Waals surface area contributed by atoms with Crippen molar-refractivity contribution in [2.45, 2.75) is 45.7 Å². The number of aliphatic carboxylic acids is 1. The van der Waals surface area contributed by atoms with Crippen LogP contribution in [0.3, 0.4) is 0 Å². The highest BCUT2D eigenvalue weighted by molar-refractivity contribution is 5.85. The predicted octanol–water partition coefficient (Wildman–Crippen LogP) is 1.80. The molecular formula is C16H25ClN2O4. The Hall–Kier alpha value is -1.79. The summed E-state index contributed by atoms with van der Waals surface area (Å²) in [7, 11) is 0. The van der Waals surface area contributed by atoms with E-state index in [9.17, 15) is 9.59 Å². The maximum atomic E-state index is 11.8. The van der Waals surface area contributed by atoms with Crippen molar-refractivity contribution in [3.8, 4) is 5.75 Å². The summed E-state index contributed by atoms with van der Waals surface area (Å²) in [5.74, 6) is -0.507. The lowest BCUT2D eigenvalue weighted by molar-refractivity contribution is -0.137. The van der Waals surface area contributed by atoms with Gasteiger partial charge in [-0.2, -0.15) is 0 Å². The van der Waals surface area contributed by atoms with E-state index in [1.807, 2.05) is 39.0 Å². The number of carbonyl (C=O) groups is 2. The third kappa shape index (κ3) is 7.34. The highest BCUT2D eigenvalue weighted by Crippen LogP contribution is 2.22. The van der Waals surface area contributed by atoms with Gasteiger partial charge in [-0.1, -0.05) is 18.2 Å². The van der Waals surface area contributed by atoms with Gasteiger partial charge in [0.2, 0.25) is 5.91 Å². The molecule has 6 nitrogen and oxygen atoms in total. The van der Waals surface area contributed by atoms with E-state index in [0.29, 0.717) is 6.61 Å². The molecule has 1 unspecified atom stereocenters. The number of ether oxygens (including phenoxy) is 1. The first-order chi connectivity index (χ1) is 10.3. The number of nitrogens with two attached hydrogens (primary N) is 1. The maximum Gasteiger partial charge on any atom is 0.303 e. The minimum absolute atomic E-state index is 0. The minimum atomic E-state index is -0.963. The number of hydrogen-bond donors (Lipinski definition) is 3. The zero-order valence-electron chi connectivity index (χ0n) is 13.7.